The third-order valence-electron chi connectivity index (χ3n) is 4.12. The van der Waals surface area contributed by atoms with Gasteiger partial charge in [0.15, 0.2) is 5.69 Å². The van der Waals surface area contributed by atoms with E-state index in [1.807, 2.05) is 12.1 Å². The standard InChI is InChI=1S/C19H27N3O2/c1-3-5-9-13-20-18(23)17-15-11-7-8-12-16(15)19(24)22(21-17)14-10-6-4-2/h7-8,11-12H,3-6,9-10,13-14H2,1-2H3,(H,20,23). The number of hydrogen-bond acceptors (Lipinski definition) is 3. The van der Waals surface area contributed by atoms with Crippen LogP contribution in [0.5, 0.6) is 0 Å². The molecule has 0 aliphatic carbocycles. The van der Waals surface area contributed by atoms with Gasteiger partial charge >= 0.3 is 0 Å². The largest absolute Gasteiger partial charge is 0.351 e. The molecule has 0 unspecified atom stereocenters. The number of benzene rings is 1. The molecule has 0 saturated heterocycles. The van der Waals surface area contributed by atoms with Crippen LogP contribution in [0.15, 0.2) is 29.1 Å². The van der Waals surface area contributed by atoms with Crippen LogP contribution in [0, 0.1) is 0 Å². The summed E-state index contributed by atoms with van der Waals surface area (Å²) in [7, 11) is 0. The molecule has 1 aromatic heterocycles. The SMILES string of the molecule is CCCCCNC(=O)c1nn(CCCCC)c(=O)c2ccccc12. The minimum Gasteiger partial charge on any atom is -0.351 e. The van der Waals surface area contributed by atoms with E-state index in [1.54, 1.807) is 12.1 Å². The molecule has 1 heterocycles. The molecule has 0 spiro atoms. The number of nitrogens with one attached hydrogen (secondary N) is 1. The van der Waals surface area contributed by atoms with Gasteiger partial charge in [0.2, 0.25) is 0 Å². The van der Waals surface area contributed by atoms with Gasteiger partial charge in [-0.1, -0.05) is 57.7 Å². The maximum absolute atomic E-state index is 12.6. The van der Waals surface area contributed by atoms with E-state index in [0.29, 0.717) is 29.6 Å². The third-order valence-corrected chi connectivity index (χ3v) is 4.12. The highest BCUT2D eigenvalue weighted by atomic mass is 16.2. The van der Waals surface area contributed by atoms with Crippen LogP contribution in [0.25, 0.3) is 10.8 Å². The van der Waals surface area contributed by atoms with Crippen molar-refractivity contribution in [2.45, 2.75) is 58.9 Å². The fourth-order valence-electron chi connectivity index (χ4n) is 2.73. The first-order chi connectivity index (χ1) is 11.7. The average molecular weight is 329 g/mol. The maximum atomic E-state index is 12.6. The van der Waals surface area contributed by atoms with Gasteiger partial charge in [-0.3, -0.25) is 9.59 Å². The van der Waals surface area contributed by atoms with Crippen molar-refractivity contribution in [2.24, 2.45) is 0 Å². The Kier molecular flexibility index (Phi) is 6.97. The minimum absolute atomic E-state index is 0.121. The molecule has 0 radical (unpaired) electrons. The average Bonchev–Trinajstić information content (AvgIpc) is 2.61. The van der Waals surface area contributed by atoms with Gasteiger partial charge in [-0.2, -0.15) is 5.10 Å². The van der Waals surface area contributed by atoms with Gasteiger partial charge in [0.05, 0.1) is 5.39 Å². The van der Waals surface area contributed by atoms with Gasteiger partial charge in [0.1, 0.15) is 0 Å². The summed E-state index contributed by atoms with van der Waals surface area (Å²) in [5.74, 6) is -0.202. The molecular weight excluding hydrogens is 302 g/mol. The number of amides is 1. The van der Waals surface area contributed by atoms with Crippen LogP contribution in [0.1, 0.15) is 62.9 Å². The molecule has 0 aliphatic rings. The van der Waals surface area contributed by atoms with Gasteiger partial charge in [-0.15, -0.1) is 0 Å². The van der Waals surface area contributed by atoms with Crippen molar-refractivity contribution in [3.05, 3.63) is 40.3 Å². The number of aromatic nitrogens is 2. The Labute approximate surface area is 143 Å². The van der Waals surface area contributed by atoms with E-state index in [-0.39, 0.29) is 11.5 Å². The fourth-order valence-corrected chi connectivity index (χ4v) is 2.73. The first kappa shape index (κ1) is 18.2. The Morgan fingerprint density at radius 2 is 1.71 bits per heavy atom. The molecule has 0 bridgehead atoms. The predicted octanol–water partition coefficient (Wildman–Crippen LogP) is 3.51. The Morgan fingerprint density at radius 3 is 2.42 bits per heavy atom. The lowest BCUT2D eigenvalue weighted by molar-refractivity contribution is 0.0947. The molecule has 1 amide bonds. The fraction of sp³-hybridized carbons (Fsp3) is 0.526. The van der Waals surface area contributed by atoms with Crippen LogP contribution in [0.2, 0.25) is 0 Å². The summed E-state index contributed by atoms with van der Waals surface area (Å²) in [6.45, 7) is 5.43. The lowest BCUT2D eigenvalue weighted by Gasteiger charge is -2.11. The molecule has 1 N–H and O–H groups in total. The van der Waals surface area contributed by atoms with Crippen molar-refractivity contribution < 1.29 is 4.79 Å². The van der Waals surface area contributed by atoms with E-state index >= 15 is 0 Å². The molecule has 0 atom stereocenters. The van der Waals surface area contributed by atoms with Crippen molar-refractivity contribution in [3.63, 3.8) is 0 Å². The summed E-state index contributed by atoms with van der Waals surface area (Å²) >= 11 is 0. The summed E-state index contributed by atoms with van der Waals surface area (Å²) in [5, 5.41) is 8.47. The predicted molar refractivity (Wildman–Crippen MR) is 97.4 cm³/mol. The van der Waals surface area contributed by atoms with E-state index in [4.69, 9.17) is 0 Å². The van der Waals surface area contributed by atoms with E-state index < -0.39 is 0 Å². The molecule has 5 heteroatoms. The van der Waals surface area contributed by atoms with E-state index in [0.717, 1.165) is 38.5 Å². The first-order valence-electron chi connectivity index (χ1n) is 8.97. The van der Waals surface area contributed by atoms with Crippen molar-refractivity contribution in [3.8, 4) is 0 Å². The molecule has 24 heavy (non-hydrogen) atoms. The summed E-state index contributed by atoms with van der Waals surface area (Å²) in [4.78, 5) is 25.1. The quantitative estimate of drug-likeness (QED) is 0.716. The second kappa shape index (κ2) is 9.21. The van der Waals surface area contributed by atoms with Gasteiger partial charge < -0.3 is 5.32 Å². The van der Waals surface area contributed by atoms with Crippen molar-refractivity contribution >= 4 is 16.7 Å². The first-order valence-corrected chi connectivity index (χ1v) is 8.97. The van der Waals surface area contributed by atoms with E-state index in [2.05, 4.69) is 24.3 Å². The molecule has 0 saturated carbocycles. The van der Waals surface area contributed by atoms with Crippen molar-refractivity contribution in [1.82, 2.24) is 15.1 Å². The molecule has 0 fully saturated rings. The van der Waals surface area contributed by atoms with Gasteiger partial charge in [-0.25, -0.2) is 4.68 Å². The number of fused-ring (bicyclic) bond motifs is 1. The highest BCUT2D eigenvalue weighted by Crippen LogP contribution is 2.13. The van der Waals surface area contributed by atoms with E-state index in [9.17, 15) is 9.59 Å². The number of aryl methyl sites for hydroxylation is 1. The Hall–Kier alpha value is -2.17. The van der Waals surface area contributed by atoms with Crippen LogP contribution < -0.4 is 10.9 Å². The summed E-state index contributed by atoms with van der Waals surface area (Å²) in [6.07, 6.45) is 6.16. The van der Waals surface area contributed by atoms with Crippen LogP contribution in [-0.2, 0) is 6.54 Å². The van der Waals surface area contributed by atoms with Crippen LogP contribution in [0.4, 0.5) is 0 Å². The topological polar surface area (TPSA) is 64.0 Å². The minimum atomic E-state index is -0.202. The zero-order chi connectivity index (χ0) is 17.4. The summed E-state index contributed by atoms with van der Waals surface area (Å²) in [5.41, 5.74) is 0.224. The number of rotatable bonds is 9. The normalized spacial score (nSPS) is 10.9. The lowest BCUT2D eigenvalue weighted by Crippen LogP contribution is -2.31. The molecule has 5 nitrogen and oxygen atoms in total. The Balaban J connectivity index is 2.31. The number of carbonyl (C=O) groups is 1. The Morgan fingerprint density at radius 1 is 1.04 bits per heavy atom. The lowest BCUT2D eigenvalue weighted by atomic mass is 10.1. The van der Waals surface area contributed by atoms with Gasteiger partial charge in [0.25, 0.3) is 11.5 Å². The van der Waals surface area contributed by atoms with Crippen molar-refractivity contribution in [2.75, 3.05) is 6.54 Å². The third kappa shape index (κ3) is 4.43. The number of unbranched alkanes of at least 4 members (excludes halogenated alkanes) is 4. The molecule has 0 aliphatic heterocycles. The molecule has 130 valence electrons. The van der Waals surface area contributed by atoms with Crippen LogP contribution >= 0.6 is 0 Å². The summed E-state index contributed by atoms with van der Waals surface area (Å²) < 4.78 is 1.44. The van der Waals surface area contributed by atoms with Crippen LogP contribution in [-0.4, -0.2) is 22.2 Å². The highest BCUT2D eigenvalue weighted by molar-refractivity contribution is 6.04. The number of nitrogens with zero attached hydrogens (tertiary/aromatic N) is 2. The highest BCUT2D eigenvalue weighted by Gasteiger charge is 2.16. The van der Waals surface area contributed by atoms with Gasteiger partial charge in [-0.05, 0) is 18.9 Å². The second-order valence-corrected chi connectivity index (χ2v) is 6.09. The molecule has 2 rings (SSSR count). The second-order valence-electron chi connectivity index (χ2n) is 6.09. The smallest absolute Gasteiger partial charge is 0.274 e. The monoisotopic (exact) mass is 329 g/mol. The summed E-state index contributed by atoms with van der Waals surface area (Å²) in [6, 6.07) is 7.21. The number of carbonyl (C=O) groups excluding carboxylic acids is 1. The zero-order valence-electron chi connectivity index (χ0n) is 14.7. The zero-order valence-corrected chi connectivity index (χ0v) is 14.7. The Bertz CT molecular complexity index is 737. The molecule has 1 aromatic carbocycles. The molecular formula is C19H27N3O2. The maximum Gasteiger partial charge on any atom is 0.274 e. The van der Waals surface area contributed by atoms with Crippen LogP contribution in [0.3, 0.4) is 0 Å². The van der Waals surface area contributed by atoms with Gasteiger partial charge in [0, 0.05) is 18.5 Å². The number of hydrogen-bond donors (Lipinski definition) is 1. The molecule has 2 aromatic rings. The van der Waals surface area contributed by atoms with Crippen molar-refractivity contribution in [1.29, 1.82) is 0 Å². The van der Waals surface area contributed by atoms with E-state index in [1.165, 1.54) is 4.68 Å².